The second-order valence-electron chi connectivity index (χ2n) is 7.74. The molecule has 6 heteroatoms. The molecule has 0 fully saturated rings. The second kappa shape index (κ2) is 9.63. The van der Waals surface area contributed by atoms with E-state index in [4.69, 9.17) is 4.98 Å². The predicted molar refractivity (Wildman–Crippen MR) is 114 cm³/mol. The molecule has 0 saturated heterocycles. The van der Waals surface area contributed by atoms with Crippen molar-refractivity contribution in [3.8, 4) is 0 Å². The number of nitrogens with one attached hydrogen (secondary N) is 2. The number of benzene rings is 1. The van der Waals surface area contributed by atoms with Crippen LogP contribution in [0.15, 0.2) is 24.3 Å². The third-order valence-electron chi connectivity index (χ3n) is 5.52. The molecule has 2 N–H and O–H groups in total. The Morgan fingerprint density at radius 3 is 2.76 bits per heavy atom. The van der Waals surface area contributed by atoms with Crippen LogP contribution in [0.4, 0.5) is 5.69 Å². The number of carbonyl (C=O) groups excluding carboxylic acids is 2. The molecule has 6 nitrogen and oxygen atoms in total. The average Bonchev–Trinajstić information content (AvgIpc) is 2.73. The third kappa shape index (κ3) is 5.40. The van der Waals surface area contributed by atoms with Gasteiger partial charge in [-0.1, -0.05) is 19.9 Å². The normalized spacial score (nSPS) is 14.0. The first kappa shape index (κ1) is 21.0. The van der Waals surface area contributed by atoms with Crippen LogP contribution in [0.3, 0.4) is 0 Å². The lowest BCUT2D eigenvalue weighted by atomic mass is 9.95. The quantitative estimate of drug-likeness (QED) is 0.751. The lowest BCUT2D eigenvalue weighted by Crippen LogP contribution is -2.27. The Bertz CT molecular complexity index is 894. The van der Waals surface area contributed by atoms with Gasteiger partial charge in [-0.25, -0.2) is 9.97 Å². The highest BCUT2D eigenvalue weighted by Gasteiger charge is 2.16. The van der Waals surface area contributed by atoms with Gasteiger partial charge in [0.1, 0.15) is 5.82 Å². The number of hydrogen-bond acceptors (Lipinski definition) is 4. The standard InChI is InChI=1S/C23H30N4O2/c1-4-15(2)22(28)26-18-9-7-8-17(14-18)23(29)24-13-12-21-25-16(3)19-10-5-6-11-20(19)27-21/h7-9,14-15H,4-6,10-13H2,1-3H3,(H,24,29)(H,26,28). The van der Waals surface area contributed by atoms with Crippen molar-refractivity contribution in [2.45, 2.75) is 59.3 Å². The molecule has 0 spiro atoms. The van der Waals surface area contributed by atoms with Crippen molar-refractivity contribution in [2.24, 2.45) is 5.92 Å². The van der Waals surface area contributed by atoms with Crippen LogP contribution >= 0.6 is 0 Å². The van der Waals surface area contributed by atoms with Crippen molar-refractivity contribution < 1.29 is 9.59 Å². The Kier molecular flexibility index (Phi) is 6.96. The number of fused-ring (bicyclic) bond motifs is 1. The van der Waals surface area contributed by atoms with E-state index in [1.54, 1.807) is 24.3 Å². The van der Waals surface area contributed by atoms with Crippen LogP contribution in [0.2, 0.25) is 0 Å². The molecule has 0 saturated carbocycles. The van der Waals surface area contributed by atoms with Crippen molar-refractivity contribution in [3.05, 3.63) is 52.6 Å². The lowest BCUT2D eigenvalue weighted by molar-refractivity contribution is -0.119. The van der Waals surface area contributed by atoms with Crippen LogP contribution in [-0.4, -0.2) is 28.3 Å². The number of carbonyl (C=O) groups is 2. The van der Waals surface area contributed by atoms with Gasteiger partial charge < -0.3 is 10.6 Å². The Morgan fingerprint density at radius 2 is 1.97 bits per heavy atom. The zero-order chi connectivity index (χ0) is 20.8. The smallest absolute Gasteiger partial charge is 0.251 e. The van der Waals surface area contributed by atoms with Gasteiger partial charge in [0.15, 0.2) is 0 Å². The molecular weight excluding hydrogens is 364 g/mol. The summed E-state index contributed by atoms with van der Waals surface area (Å²) in [5, 5.41) is 5.80. The molecule has 154 valence electrons. The highest BCUT2D eigenvalue weighted by molar-refractivity contribution is 5.97. The molecule has 1 aliphatic rings. The molecule has 1 aromatic carbocycles. The summed E-state index contributed by atoms with van der Waals surface area (Å²) in [6.07, 6.45) is 5.86. The van der Waals surface area contributed by atoms with E-state index in [9.17, 15) is 9.59 Å². The predicted octanol–water partition coefficient (Wildman–Crippen LogP) is 3.62. The van der Waals surface area contributed by atoms with Gasteiger partial charge in [-0.15, -0.1) is 0 Å². The van der Waals surface area contributed by atoms with Crippen LogP contribution in [0.25, 0.3) is 0 Å². The maximum absolute atomic E-state index is 12.5. The van der Waals surface area contributed by atoms with Crippen molar-refractivity contribution in [1.29, 1.82) is 0 Å². The minimum atomic E-state index is -0.167. The van der Waals surface area contributed by atoms with Gasteiger partial charge >= 0.3 is 0 Å². The van der Waals surface area contributed by atoms with E-state index in [2.05, 4.69) is 15.6 Å². The Morgan fingerprint density at radius 1 is 1.17 bits per heavy atom. The van der Waals surface area contributed by atoms with E-state index in [0.717, 1.165) is 30.8 Å². The number of nitrogens with zero attached hydrogens (tertiary/aromatic N) is 2. The summed E-state index contributed by atoms with van der Waals surface area (Å²) >= 11 is 0. The fourth-order valence-electron chi connectivity index (χ4n) is 3.54. The fourth-order valence-corrected chi connectivity index (χ4v) is 3.54. The molecule has 0 aliphatic heterocycles. The summed E-state index contributed by atoms with van der Waals surface area (Å²) in [6.45, 7) is 6.38. The van der Waals surface area contributed by atoms with Crippen molar-refractivity contribution in [2.75, 3.05) is 11.9 Å². The van der Waals surface area contributed by atoms with Crippen LogP contribution in [0.5, 0.6) is 0 Å². The highest BCUT2D eigenvalue weighted by Crippen LogP contribution is 2.21. The number of aryl methyl sites for hydroxylation is 2. The number of amides is 2. The molecule has 2 amide bonds. The van der Waals surface area contributed by atoms with Gasteiger partial charge in [0.2, 0.25) is 5.91 Å². The number of rotatable bonds is 7. The summed E-state index contributed by atoms with van der Waals surface area (Å²) in [5.74, 6) is 0.523. The summed E-state index contributed by atoms with van der Waals surface area (Å²) in [5.41, 5.74) is 4.71. The van der Waals surface area contributed by atoms with Gasteiger partial charge in [-0.2, -0.15) is 0 Å². The van der Waals surface area contributed by atoms with E-state index in [0.29, 0.717) is 24.2 Å². The summed E-state index contributed by atoms with van der Waals surface area (Å²) in [4.78, 5) is 33.9. The molecule has 1 aromatic heterocycles. The molecular formula is C23H30N4O2. The first-order chi connectivity index (χ1) is 14.0. The third-order valence-corrected chi connectivity index (χ3v) is 5.52. The number of anilines is 1. The SMILES string of the molecule is CCC(C)C(=O)Nc1cccc(C(=O)NCCc2nc(C)c3c(n2)CCCC3)c1. The Hall–Kier alpha value is -2.76. The van der Waals surface area contributed by atoms with Gasteiger partial charge in [-0.05, 0) is 62.8 Å². The summed E-state index contributed by atoms with van der Waals surface area (Å²) in [7, 11) is 0. The first-order valence-electron chi connectivity index (χ1n) is 10.5. The van der Waals surface area contributed by atoms with E-state index < -0.39 is 0 Å². The minimum Gasteiger partial charge on any atom is -0.352 e. The van der Waals surface area contributed by atoms with Gasteiger partial charge in [-0.3, -0.25) is 9.59 Å². The average molecular weight is 395 g/mol. The molecule has 2 aromatic rings. The zero-order valence-electron chi connectivity index (χ0n) is 17.5. The van der Waals surface area contributed by atoms with Crippen molar-refractivity contribution in [3.63, 3.8) is 0 Å². The molecule has 1 heterocycles. The largest absolute Gasteiger partial charge is 0.352 e. The minimum absolute atomic E-state index is 0.0370. The number of aromatic nitrogens is 2. The Labute approximate surface area is 172 Å². The van der Waals surface area contributed by atoms with Crippen LogP contribution in [0, 0.1) is 12.8 Å². The number of hydrogen-bond donors (Lipinski definition) is 2. The molecule has 1 atom stereocenters. The first-order valence-corrected chi connectivity index (χ1v) is 10.5. The highest BCUT2D eigenvalue weighted by atomic mass is 16.2. The molecule has 0 radical (unpaired) electrons. The maximum atomic E-state index is 12.5. The molecule has 1 aliphatic carbocycles. The molecule has 0 bridgehead atoms. The monoisotopic (exact) mass is 394 g/mol. The van der Waals surface area contributed by atoms with Gasteiger partial charge in [0, 0.05) is 41.5 Å². The van der Waals surface area contributed by atoms with Gasteiger partial charge in [0.25, 0.3) is 5.91 Å². The maximum Gasteiger partial charge on any atom is 0.251 e. The van der Waals surface area contributed by atoms with Crippen LogP contribution in [-0.2, 0) is 24.1 Å². The Balaban J connectivity index is 1.57. The van der Waals surface area contributed by atoms with Crippen molar-refractivity contribution in [1.82, 2.24) is 15.3 Å². The van der Waals surface area contributed by atoms with Crippen LogP contribution < -0.4 is 10.6 Å². The summed E-state index contributed by atoms with van der Waals surface area (Å²) < 4.78 is 0. The van der Waals surface area contributed by atoms with E-state index >= 15 is 0 Å². The second-order valence-corrected chi connectivity index (χ2v) is 7.74. The van der Waals surface area contributed by atoms with Gasteiger partial charge in [0.05, 0.1) is 0 Å². The van der Waals surface area contributed by atoms with E-state index in [1.165, 1.54) is 24.1 Å². The zero-order valence-corrected chi connectivity index (χ0v) is 17.5. The van der Waals surface area contributed by atoms with E-state index in [-0.39, 0.29) is 17.7 Å². The summed E-state index contributed by atoms with van der Waals surface area (Å²) in [6, 6.07) is 7.01. The molecule has 1 unspecified atom stereocenters. The topological polar surface area (TPSA) is 84.0 Å². The lowest BCUT2D eigenvalue weighted by Gasteiger charge is -2.17. The molecule has 29 heavy (non-hydrogen) atoms. The van der Waals surface area contributed by atoms with E-state index in [1.807, 2.05) is 20.8 Å². The molecule has 3 rings (SSSR count). The fraction of sp³-hybridized carbons (Fsp3) is 0.478. The van der Waals surface area contributed by atoms with Crippen LogP contribution in [0.1, 0.15) is 66.2 Å². The van der Waals surface area contributed by atoms with Crippen molar-refractivity contribution >= 4 is 17.5 Å².